The van der Waals surface area contributed by atoms with E-state index in [0.29, 0.717) is 11.3 Å². The molecule has 2 heterocycles. The van der Waals surface area contributed by atoms with Crippen molar-refractivity contribution in [2.75, 3.05) is 0 Å². The van der Waals surface area contributed by atoms with Gasteiger partial charge in [-0.05, 0) is 25.5 Å². The Balaban J connectivity index is 0.000000980. The largest absolute Gasteiger partial charge is 0.390 e. The van der Waals surface area contributed by atoms with Crippen molar-refractivity contribution in [3.8, 4) is 0 Å². The van der Waals surface area contributed by atoms with Crippen molar-refractivity contribution in [3.05, 3.63) is 23.1 Å². The Labute approximate surface area is 95.4 Å². The number of hydrogen-bond donors (Lipinski definition) is 1. The molecule has 0 aliphatic rings. The molecule has 5 nitrogen and oxygen atoms in total. The number of aromatic nitrogens is 4. The van der Waals surface area contributed by atoms with E-state index in [1.165, 1.54) is 0 Å². The Kier molecular flexibility index (Phi) is 3.34. The maximum absolute atomic E-state index is 8.99. The monoisotopic (exact) mass is 362 g/mol. The first-order chi connectivity index (χ1) is 6.22. The van der Waals surface area contributed by atoms with Crippen molar-refractivity contribution in [1.82, 2.24) is 19.8 Å². The molecule has 0 unspecified atom stereocenters. The van der Waals surface area contributed by atoms with E-state index in [4.69, 9.17) is 5.11 Å². The van der Waals surface area contributed by atoms with Crippen molar-refractivity contribution in [2.24, 2.45) is 0 Å². The first kappa shape index (κ1) is 11.3. The van der Waals surface area contributed by atoms with Crippen molar-refractivity contribution in [1.29, 1.82) is 0 Å². The van der Waals surface area contributed by atoms with E-state index in [1.807, 2.05) is 19.9 Å². The van der Waals surface area contributed by atoms with Gasteiger partial charge in [0, 0.05) is 21.1 Å². The van der Waals surface area contributed by atoms with Crippen LogP contribution >= 0.6 is 0 Å². The van der Waals surface area contributed by atoms with Crippen LogP contribution in [0.5, 0.6) is 0 Å². The van der Waals surface area contributed by atoms with Gasteiger partial charge in [-0.1, -0.05) is 0 Å². The Bertz CT molecular complexity index is 454. The van der Waals surface area contributed by atoms with Gasteiger partial charge in [0.05, 0.1) is 12.3 Å². The molecule has 6 heteroatoms. The summed E-state index contributed by atoms with van der Waals surface area (Å²) in [5.41, 5.74) is 2.31. The SMILES string of the molecule is Cc1cc2nnc(C)n2nc1CO.[W]. The van der Waals surface area contributed by atoms with Gasteiger partial charge in [0.15, 0.2) is 11.5 Å². The molecule has 0 aromatic carbocycles. The van der Waals surface area contributed by atoms with Crippen molar-refractivity contribution < 1.29 is 26.2 Å². The van der Waals surface area contributed by atoms with Gasteiger partial charge in [-0.15, -0.1) is 10.2 Å². The summed E-state index contributed by atoms with van der Waals surface area (Å²) in [6.45, 7) is 3.66. The van der Waals surface area contributed by atoms with Crippen LogP contribution in [0.25, 0.3) is 5.65 Å². The van der Waals surface area contributed by atoms with Crippen molar-refractivity contribution in [3.63, 3.8) is 0 Å². The molecule has 14 heavy (non-hydrogen) atoms. The van der Waals surface area contributed by atoms with Gasteiger partial charge in [-0.2, -0.15) is 9.61 Å². The molecule has 1 N–H and O–H groups in total. The topological polar surface area (TPSA) is 63.3 Å². The summed E-state index contributed by atoms with van der Waals surface area (Å²) in [5.74, 6) is 0.727. The molecule has 0 saturated heterocycles. The maximum Gasteiger partial charge on any atom is 0.178 e. The van der Waals surface area contributed by atoms with Crippen molar-refractivity contribution in [2.45, 2.75) is 20.5 Å². The fourth-order valence-corrected chi connectivity index (χ4v) is 1.22. The first-order valence-corrected chi connectivity index (χ1v) is 4.02. The second-order valence-electron chi connectivity index (χ2n) is 2.95. The van der Waals surface area contributed by atoms with E-state index in [-0.39, 0.29) is 27.7 Å². The van der Waals surface area contributed by atoms with Gasteiger partial charge in [-0.3, -0.25) is 0 Å². The molecule has 0 saturated carbocycles. The number of fused-ring (bicyclic) bond motifs is 1. The molecule has 2 rings (SSSR count). The predicted octanol–water partition coefficient (Wildman–Crippen LogP) is 0.231. The molecular formula is C8H10N4OW. The summed E-state index contributed by atoms with van der Waals surface area (Å²) >= 11 is 0. The van der Waals surface area contributed by atoms with E-state index in [1.54, 1.807) is 4.52 Å². The summed E-state index contributed by atoms with van der Waals surface area (Å²) in [4.78, 5) is 0. The van der Waals surface area contributed by atoms with Crippen LogP contribution in [-0.2, 0) is 27.7 Å². The Hall–Kier alpha value is -0.802. The minimum absolute atomic E-state index is 0. The average molecular weight is 362 g/mol. The molecule has 0 fully saturated rings. The third-order valence-corrected chi connectivity index (χ3v) is 1.99. The fourth-order valence-electron chi connectivity index (χ4n) is 1.22. The van der Waals surface area contributed by atoms with Crippen LogP contribution in [0.1, 0.15) is 17.1 Å². The van der Waals surface area contributed by atoms with Crippen LogP contribution in [0, 0.1) is 13.8 Å². The van der Waals surface area contributed by atoms with Crippen LogP contribution in [0.15, 0.2) is 6.07 Å². The van der Waals surface area contributed by atoms with E-state index in [9.17, 15) is 0 Å². The zero-order valence-corrected chi connectivity index (χ0v) is 10.9. The summed E-state index contributed by atoms with van der Waals surface area (Å²) in [7, 11) is 0. The molecule has 2 aromatic heterocycles. The molecule has 0 aliphatic heterocycles. The van der Waals surface area contributed by atoms with Crippen molar-refractivity contribution >= 4 is 5.65 Å². The van der Waals surface area contributed by atoms with Crippen LogP contribution in [0.3, 0.4) is 0 Å². The molecule has 0 radical (unpaired) electrons. The molecular weight excluding hydrogens is 352 g/mol. The Morgan fingerprint density at radius 1 is 1.36 bits per heavy atom. The zero-order chi connectivity index (χ0) is 9.42. The van der Waals surface area contributed by atoms with Gasteiger partial charge in [0.25, 0.3) is 0 Å². The minimum atomic E-state index is -0.0562. The van der Waals surface area contributed by atoms with Crippen LogP contribution < -0.4 is 0 Å². The zero-order valence-electron chi connectivity index (χ0n) is 7.93. The molecule has 0 aliphatic carbocycles. The summed E-state index contributed by atoms with van der Waals surface area (Å²) in [6, 6.07) is 1.86. The first-order valence-electron chi connectivity index (χ1n) is 4.02. The second-order valence-corrected chi connectivity index (χ2v) is 2.95. The maximum atomic E-state index is 8.99. The molecule has 0 atom stereocenters. The Morgan fingerprint density at radius 2 is 2.07 bits per heavy atom. The number of nitrogens with zero attached hydrogens (tertiary/aromatic N) is 4. The molecule has 0 amide bonds. The Morgan fingerprint density at radius 3 is 2.71 bits per heavy atom. The molecule has 0 bridgehead atoms. The quantitative estimate of drug-likeness (QED) is 0.789. The number of aryl methyl sites for hydroxylation is 2. The minimum Gasteiger partial charge on any atom is -0.390 e. The second kappa shape index (κ2) is 4.15. The summed E-state index contributed by atoms with van der Waals surface area (Å²) in [5, 5.41) is 21.0. The summed E-state index contributed by atoms with van der Waals surface area (Å²) < 4.78 is 1.62. The number of rotatable bonds is 1. The van der Waals surface area contributed by atoms with Gasteiger partial charge in [0.1, 0.15) is 0 Å². The molecule has 2 aromatic rings. The number of aliphatic hydroxyl groups excluding tert-OH is 1. The number of aliphatic hydroxyl groups is 1. The van der Waals surface area contributed by atoms with Crippen LogP contribution in [0.2, 0.25) is 0 Å². The van der Waals surface area contributed by atoms with Crippen LogP contribution in [-0.4, -0.2) is 24.9 Å². The molecule has 74 valence electrons. The van der Waals surface area contributed by atoms with Crippen LogP contribution in [0.4, 0.5) is 0 Å². The van der Waals surface area contributed by atoms with E-state index >= 15 is 0 Å². The predicted molar refractivity (Wildman–Crippen MR) is 46.2 cm³/mol. The average Bonchev–Trinajstić information content (AvgIpc) is 2.46. The van der Waals surface area contributed by atoms with Gasteiger partial charge < -0.3 is 5.11 Å². The van der Waals surface area contributed by atoms with Gasteiger partial charge in [-0.25, -0.2) is 0 Å². The van der Waals surface area contributed by atoms with E-state index < -0.39 is 0 Å². The third-order valence-electron chi connectivity index (χ3n) is 1.99. The fraction of sp³-hybridized carbons (Fsp3) is 0.375. The third kappa shape index (κ3) is 1.70. The normalized spacial score (nSPS) is 10.2. The summed E-state index contributed by atoms with van der Waals surface area (Å²) in [6.07, 6.45) is 0. The van der Waals surface area contributed by atoms with Gasteiger partial charge in [0.2, 0.25) is 0 Å². The molecule has 0 spiro atoms. The van der Waals surface area contributed by atoms with E-state index in [0.717, 1.165) is 11.4 Å². The van der Waals surface area contributed by atoms with Gasteiger partial charge >= 0.3 is 0 Å². The number of hydrogen-bond acceptors (Lipinski definition) is 4. The standard InChI is InChI=1S/C8H10N4O.W/c1-5-3-8-10-9-6(2)12(8)11-7(5)4-13;/h3,13H,4H2,1-2H3;. The van der Waals surface area contributed by atoms with E-state index in [2.05, 4.69) is 15.3 Å². The smallest absolute Gasteiger partial charge is 0.178 e.